The summed E-state index contributed by atoms with van der Waals surface area (Å²) < 4.78 is 1.80. The third-order valence-electron chi connectivity index (χ3n) is 3.17. The van der Waals surface area contributed by atoms with E-state index in [1.807, 2.05) is 19.1 Å². The summed E-state index contributed by atoms with van der Waals surface area (Å²) in [7, 11) is 0. The van der Waals surface area contributed by atoms with Gasteiger partial charge in [0.25, 0.3) is 0 Å². The number of nitrogens with zero attached hydrogens (tertiary/aromatic N) is 4. The van der Waals surface area contributed by atoms with Crippen molar-refractivity contribution >= 4 is 5.65 Å². The van der Waals surface area contributed by atoms with E-state index in [-0.39, 0.29) is 5.41 Å². The first-order valence-electron chi connectivity index (χ1n) is 5.50. The smallest absolute Gasteiger partial charge is 0.177 e. The fourth-order valence-electron chi connectivity index (χ4n) is 1.65. The lowest BCUT2D eigenvalue weighted by Gasteiger charge is -2.23. The Balaban J connectivity index is 2.64. The van der Waals surface area contributed by atoms with Crippen LogP contribution in [0.25, 0.3) is 5.65 Å². The topological polar surface area (TPSA) is 69.1 Å². The highest BCUT2D eigenvalue weighted by atomic mass is 15.4. The summed E-state index contributed by atoms with van der Waals surface area (Å²) in [6.45, 7) is 6.69. The van der Waals surface area contributed by atoms with Gasteiger partial charge in [0.2, 0.25) is 0 Å². The lowest BCUT2D eigenvalue weighted by atomic mass is 9.87. The van der Waals surface area contributed by atoms with Gasteiger partial charge in [0.05, 0.1) is 5.69 Å². The van der Waals surface area contributed by atoms with Gasteiger partial charge in [-0.05, 0) is 25.5 Å². The van der Waals surface area contributed by atoms with Crippen LogP contribution in [0.1, 0.15) is 31.8 Å². The van der Waals surface area contributed by atoms with Crippen molar-refractivity contribution in [2.24, 2.45) is 5.73 Å². The Bertz CT molecular complexity index is 498. The molecule has 0 radical (unpaired) electrons. The molecule has 0 saturated carbocycles. The number of hydrogen-bond acceptors (Lipinski definition) is 4. The van der Waals surface area contributed by atoms with Crippen LogP contribution in [-0.2, 0) is 5.41 Å². The summed E-state index contributed by atoms with van der Waals surface area (Å²) in [4.78, 5) is 0. The zero-order valence-electron chi connectivity index (χ0n) is 9.94. The highest BCUT2D eigenvalue weighted by Crippen LogP contribution is 2.24. The van der Waals surface area contributed by atoms with Gasteiger partial charge in [0.1, 0.15) is 0 Å². The van der Waals surface area contributed by atoms with Crippen molar-refractivity contribution in [2.45, 2.75) is 32.6 Å². The predicted molar refractivity (Wildman–Crippen MR) is 62.2 cm³/mol. The van der Waals surface area contributed by atoms with Gasteiger partial charge in [0.15, 0.2) is 11.5 Å². The molecular weight excluding hydrogens is 202 g/mol. The third kappa shape index (κ3) is 1.57. The highest BCUT2D eigenvalue weighted by Gasteiger charge is 2.29. The van der Waals surface area contributed by atoms with E-state index in [9.17, 15) is 0 Å². The lowest BCUT2D eigenvalue weighted by molar-refractivity contribution is 0.427. The van der Waals surface area contributed by atoms with Crippen molar-refractivity contribution in [3.8, 4) is 0 Å². The molecule has 2 aromatic rings. The fraction of sp³-hybridized carbons (Fsp3) is 0.545. The second-order valence-corrected chi connectivity index (χ2v) is 4.39. The van der Waals surface area contributed by atoms with Crippen molar-refractivity contribution in [3.63, 3.8) is 0 Å². The fourth-order valence-corrected chi connectivity index (χ4v) is 1.65. The first-order chi connectivity index (χ1) is 7.60. The Morgan fingerprint density at radius 2 is 2.12 bits per heavy atom. The molecule has 5 heteroatoms. The Labute approximate surface area is 94.7 Å². The van der Waals surface area contributed by atoms with Gasteiger partial charge in [-0.15, -0.1) is 10.2 Å². The molecule has 5 nitrogen and oxygen atoms in total. The summed E-state index contributed by atoms with van der Waals surface area (Å²) in [5.74, 6) is 0.844. The molecule has 2 heterocycles. The molecule has 0 spiro atoms. The Hall–Kier alpha value is -1.49. The Morgan fingerprint density at radius 3 is 2.75 bits per heavy atom. The molecule has 2 N–H and O–H groups in total. The van der Waals surface area contributed by atoms with E-state index in [1.165, 1.54) is 0 Å². The number of hydrogen-bond donors (Lipinski definition) is 1. The lowest BCUT2D eigenvalue weighted by Crippen LogP contribution is -2.33. The van der Waals surface area contributed by atoms with Crippen LogP contribution in [0.4, 0.5) is 0 Å². The zero-order valence-corrected chi connectivity index (χ0v) is 9.94. The van der Waals surface area contributed by atoms with Crippen molar-refractivity contribution in [3.05, 3.63) is 23.7 Å². The normalized spacial score (nSPS) is 15.2. The van der Waals surface area contributed by atoms with Crippen LogP contribution in [0.15, 0.2) is 12.1 Å². The Kier molecular flexibility index (Phi) is 2.63. The summed E-state index contributed by atoms with van der Waals surface area (Å²) in [5, 5.41) is 12.8. The Morgan fingerprint density at radius 1 is 1.38 bits per heavy atom. The highest BCUT2D eigenvalue weighted by molar-refractivity contribution is 5.37. The molecular formula is C11H17N5. The van der Waals surface area contributed by atoms with Gasteiger partial charge < -0.3 is 5.73 Å². The van der Waals surface area contributed by atoms with E-state index in [1.54, 1.807) is 4.52 Å². The molecule has 0 aliphatic rings. The minimum atomic E-state index is -0.166. The number of rotatable bonds is 3. The van der Waals surface area contributed by atoms with E-state index in [0.717, 1.165) is 23.6 Å². The van der Waals surface area contributed by atoms with Crippen molar-refractivity contribution in [1.82, 2.24) is 19.8 Å². The number of nitrogens with two attached hydrogens (primary N) is 1. The van der Waals surface area contributed by atoms with Gasteiger partial charge in [-0.2, -0.15) is 9.61 Å². The van der Waals surface area contributed by atoms with Crippen molar-refractivity contribution in [2.75, 3.05) is 6.54 Å². The maximum absolute atomic E-state index is 5.83. The molecule has 1 atom stereocenters. The van der Waals surface area contributed by atoms with Crippen LogP contribution in [0.2, 0.25) is 0 Å². The van der Waals surface area contributed by atoms with Crippen LogP contribution >= 0.6 is 0 Å². The number of fused-ring (bicyclic) bond motifs is 1. The maximum Gasteiger partial charge on any atom is 0.177 e. The molecule has 2 aromatic heterocycles. The first kappa shape index (κ1) is 11.0. The molecule has 0 aromatic carbocycles. The molecule has 86 valence electrons. The van der Waals surface area contributed by atoms with Crippen LogP contribution in [-0.4, -0.2) is 26.4 Å². The third-order valence-corrected chi connectivity index (χ3v) is 3.17. The molecule has 0 aliphatic heterocycles. The van der Waals surface area contributed by atoms with Gasteiger partial charge in [0, 0.05) is 12.0 Å². The zero-order chi connectivity index (χ0) is 11.8. The standard InChI is InChI=1S/C11H17N5/c1-4-11(3,7-12)10-14-13-9-6-5-8(2)15-16(9)10/h5-6H,4,7,12H2,1-3H3. The van der Waals surface area contributed by atoms with E-state index in [0.29, 0.717) is 6.54 Å². The summed E-state index contributed by atoms with van der Waals surface area (Å²) in [5.41, 5.74) is 7.38. The quantitative estimate of drug-likeness (QED) is 0.838. The monoisotopic (exact) mass is 219 g/mol. The van der Waals surface area contributed by atoms with E-state index < -0.39 is 0 Å². The maximum atomic E-state index is 5.83. The molecule has 0 fully saturated rings. The first-order valence-corrected chi connectivity index (χ1v) is 5.50. The van der Waals surface area contributed by atoms with Crippen molar-refractivity contribution in [1.29, 1.82) is 0 Å². The van der Waals surface area contributed by atoms with E-state index >= 15 is 0 Å². The van der Waals surface area contributed by atoms with Gasteiger partial charge in [-0.3, -0.25) is 0 Å². The number of aryl methyl sites for hydroxylation is 1. The molecule has 0 saturated heterocycles. The van der Waals surface area contributed by atoms with Gasteiger partial charge >= 0.3 is 0 Å². The average molecular weight is 219 g/mol. The molecule has 0 aliphatic carbocycles. The molecule has 2 rings (SSSR count). The average Bonchev–Trinajstić information content (AvgIpc) is 2.71. The summed E-state index contributed by atoms with van der Waals surface area (Å²) in [6, 6.07) is 3.85. The summed E-state index contributed by atoms with van der Waals surface area (Å²) >= 11 is 0. The molecule has 16 heavy (non-hydrogen) atoms. The van der Waals surface area contributed by atoms with E-state index in [4.69, 9.17) is 5.73 Å². The van der Waals surface area contributed by atoms with Crippen LogP contribution in [0, 0.1) is 6.92 Å². The number of aromatic nitrogens is 4. The van der Waals surface area contributed by atoms with Gasteiger partial charge in [-0.25, -0.2) is 0 Å². The van der Waals surface area contributed by atoms with Crippen molar-refractivity contribution < 1.29 is 0 Å². The van der Waals surface area contributed by atoms with Crippen LogP contribution < -0.4 is 5.73 Å². The van der Waals surface area contributed by atoms with E-state index in [2.05, 4.69) is 29.1 Å². The SMILES string of the molecule is CCC(C)(CN)c1nnc2ccc(C)nn12. The van der Waals surface area contributed by atoms with Gasteiger partial charge in [-0.1, -0.05) is 13.8 Å². The minimum absolute atomic E-state index is 0.166. The molecule has 0 bridgehead atoms. The largest absolute Gasteiger partial charge is 0.329 e. The second-order valence-electron chi connectivity index (χ2n) is 4.39. The van der Waals surface area contributed by atoms with Crippen LogP contribution in [0.5, 0.6) is 0 Å². The molecule has 1 unspecified atom stereocenters. The minimum Gasteiger partial charge on any atom is -0.329 e. The predicted octanol–water partition coefficient (Wildman–Crippen LogP) is 1.06. The summed E-state index contributed by atoms with van der Waals surface area (Å²) in [6.07, 6.45) is 0.917. The molecule has 0 amide bonds. The van der Waals surface area contributed by atoms with Crippen LogP contribution in [0.3, 0.4) is 0 Å². The second kappa shape index (κ2) is 3.83.